The topological polar surface area (TPSA) is 13.0 Å². The molecule has 5 aliphatic heterocycles. The van der Waals surface area contributed by atoms with Gasteiger partial charge >= 0.3 is 0 Å². The molecule has 448 valence electrons. The molecule has 6 heteroatoms. The van der Waals surface area contributed by atoms with Gasteiger partial charge in [-0.1, -0.05) is 242 Å². The SMILES string of the molecule is CC(C)(C)c1ccc(N(c2ccc(C(C)(C)C)cc2)c2cc3c4c(c2)N2c5ccccc5[Si]5(c6ccccc6-c6ccccc65)c5cccc(c52)B4c2ccc(N4c5ccc(C(C)(C)C)cc5C5(C)CCCCC45C)cc2N3c2ccc(C(C)(C)C)cc2)cc1. The lowest BCUT2D eigenvalue weighted by Gasteiger charge is -2.51. The smallest absolute Gasteiger partial charge is 0.252 e. The molecule has 16 rings (SSSR count). The molecule has 1 spiro atoms. The van der Waals surface area contributed by atoms with Crippen LogP contribution in [0.15, 0.2) is 212 Å². The maximum Gasteiger partial charge on any atom is 0.252 e. The third kappa shape index (κ3) is 7.98. The molecular weight excluding hydrogens is 1100 g/mol. The molecule has 1 aliphatic carbocycles. The van der Waals surface area contributed by atoms with Crippen molar-refractivity contribution in [3.63, 3.8) is 0 Å². The van der Waals surface area contributed by atoms with Gasteiger partial charge in [0.1, 0.15) is 0 Å². The Bertz CT molecular complexity index is 4490. The van der Waals surface area contributed by atoms with Gasteiger partial charge in [-0.3, -0.25) is 0 Å². The first-order valence-corrected chi connectivity index (χ1v) is 35.3. The van der Waals surface area contributed by atoms with E-state index in [4.69, 9.17) is 0 Å². The van der Waals surface area contributed by atoms with E-state index >= 15 is 0 Å². The standard InChI is InChI=1S/C84H85BN4Si/c1-79(2,3)54-32-39-58(40-33-54)86(59-41-34-55(35-42-59)80(4,5)6)62-52-71-77-72(53-62)88-69-27-17-20-30-75(69)90(73-28-18-15-24-63(73)64-25-16-19-29-74(64)90)76-31-23-26-67(78(76)88)85(77)66-46-45-61(51-70(66)87(71)60-43-36-56(37-44-60)81(7,8)9)89-68-47-38-57(82(10,11)12)50-65(68)83(13)48-21-22-49-84(83,89)14/h15-20,23-47,50-53H,21-22,48-49H2,1-14H3. The summed E-state index contributed by atoms with van der Waals surface area (Å²) in [5.41, 5.74) is 26.9. The van der Waals surface area contributed by atoms with Gasteiger partial charge in [-0.15, -0.1) is 0 Å². The maximum absolute atomic E-state index is 2.96. The molecule has 0 radical (unpaired) electrons. The Morgan fingerprint density at radius 1 is 0.389 bits per heavy atom. The molecule has 6 aliphatic rings. The van der Waals surface area contributed by atoms with Crippen LogP contribution in [0.25, 0.3) is 11.1 Å². The number of nitrogens with zero attached hydrogens (tertiary/aromatic N) is 4. The summed E-state index contributed by atoms with van der Waals surface area (Å²) in [6.45, 7) is 33.1. The van der Waals surface area contributed by atoms with Crippen molar-refractivity contribution in [3.8, 4) is 11.1 Å². The Hall–Kier alpha value is -8.32. The quantitative estimate of drug-likeness (QED) is 0.159. The van der Waals surface area contributed by atoms with E-state index in [-0.39, 0.29) is 39.3 Å². The lowest BCUT2D eigenvalue weighted by Crippen LogP contribution is -2.77. The van der Waals surface area contributed by atoms with Gasteiger partial charge in [-0.2, -0.15) is 0 Å². The number of anilines is 11. The number of rotatable bonds is 5. The van der Waals surface area contributed by atoms with E-state index in [1.807, 2.05) is 0 Å². The van der Waals surface area contributed by atoms with Crippen LogP contribution in [0, 0.1) is 0 Å². The molecule has 0 N–H and O–H groups in total. The molecule has 2 atom stereocenters. The molecule has 0 aromatic heterocycles. The molecule has 10 aromatic rings. The second-order valence-corrected chi connectivity index (χ2v) is 35.4. The molecule has 2 unspecified atom stereocenters. The van der Waals surface area contributed by atoms with Crippen molar-refractivity contribution in [2.45, 2.75) is 155 Å². The largest absolute Gasteiger partial charge is 0.334 e. The fourth-order valence-electron chi connectivity index (χ4n) is 17.4. The average molecular weight is 1190 g/mol. The lowest BCUT2D eigenvalue weighted by atomic mass is 9.33. The Kier molecular flexibility index (Phi) is 12.2. The zero-order chi connectivity index (χ0) is 62.4. The van der Waals surface area contributed by atoms with Gasteiger partial charge in [0.15, 0.2) is 8.07 Å². The van der Waals surface area contributed by atoms with Crippen LogP contribution in [0.5, 0.6) is 0 Å². The van der Waals surface area contributed by atoms with Crippen molar-refractivity contribution in [2.75, 3.05) is 19.6 Å². The van der Waals surface area contributed by atoms with Gasteiger partial charge in [0.05, 0.1) is 11.2 Å². The molecule has 4 nitrogen and oxygen atoms in total. The molecule has 5 heterocycles. The maximum atomic E-state index is 2.81. The van der Waals surface area contributed by atoms with Gasteiger partial charge in [-0.05, 0) is 190 Å². The highest BCUT2D eigenvalue weighted by Crippen LogP contribution is 2.62. The van der Waals surface area contributed by atoms with Crippen molar-refractivity contribution >= 4 is 114 Å². The third-order valence-electron chi connectivity index (χ3n) is 22.4. The first-order chi connectivity index (χ1) is 42.9. The minimum absolute atomic E-state index is 0.00861. The number of benzene rings is 10. The highest BCUT2D eigenvalue weighted by atomic mass is 28.3. The molecular formula is C84H85BN4Si. The van der Waals surface area contributed by atoms with Crippen molar-refractivity contribution < 1.29 is 0 Å². The highest BCUT2D eigenvalue weighted by Gasteiger charge is 2.60. The van der Waals surface area contributed by atoms with Crippen LogP contribution >= 0.6 is 0 Å². The number of para-hydroxylation sites is 2. The highest BCUT2D eigenvalue weighted by molar-refractivity contribution is 7.24. The summed E-state index contributed by atoms with van der Waals surface area (Å²) in [5.74, 6) is 0. The van der Waals surface area contributed by atoms with E-state index < -0.39 is 8.07 Å². The molecule has 1 fully saturated rings. The van der Waals surface area contributed by atoms with Crippen LogP contribution in [0.3, 0.4) is 0 Å². The van der Waals surface area contributed by atoms with E-state index in [1.54, 1.807) is 0 Å². The summed E-state index contributed by atoms with van der Waals surface area (Å²) in [6.07, 6.45) is 4.76. The van der Waals surface area contributed by atoms with Crippen molar-refractivity contribution in [3.05, 3.63) is 240 Å². The first-order valence-electron chi connectivity index (χ1n) is 33.3. The number of hydrogen-bond donors (Lipinski definition) is 0. The molecule has 0 saturated heterocycles. The Morgan fingerprint density at radius 2 is 0.889 bits per heavy atom. The van der Waals surface area contributed by atoms with Crippen LogP contribution in [-0.4, -0.2) is 20.3 Å². The van der Waals surface area contributed by atoms with Crippen molar-refractivity contribution in [1.82, 2.24) is 0 Å². The Labute approximate surface area is 537 Å². The van der Waals surface area contributed by atoms with Gasteiger partial charge in [0.2, 0.25) is 0 Å². The number of fused-ring (bicyclic) bond motifs is 16. The zero-order valence-electron chi connectivity index (χ0n) is 55.4. The summed E-state index contributed by atoms with van der Waals surface area (Å²) in [6, 6.07) is 84.7. The lowest BCUT2D eigenvalue weighted by molar-refractivity contribution is 0.195. The van der Waals surface area contributed by atoms with E-state index in [0.717, 1.165) is 29.2 Å². The summed E-state index contributed by atoms with van der Waals surface area (Å²) < 4.78 is 0. The molecule has 0 amide bonds. The molecule has 90 heavy (non-hydrogen) atoms. The summed E-state index contributed by atoms with van der Waals surface area (Å²) in [7, 11) is -2.96. The van der Waals surface area contributed by atoms with Gasteiger partial charge in [0, 0.05) is 62.3 Å². The van der Waals surface area contributed by atoms with E-state index in [2.05, 4.69) is 329 Å². The van der Waals surface area contributed by atoms with E-state index in [9.17, 15) is 0 Å². The molecule has 0 bridgehead atoms. The van der Waals surface area contributed by atoms with E-state index in [1.165, 1.54) is 135 Å². The van der Waals surface area contributed by atoms with Gasteiger partial charge < -0.3 is 19.6 Å². The fraction of sp³-hybridized carbons (Fsp3) is 0.286. The monoisotopic (exact) mass is 1190 g/mol. The van der Waals surface area contributed by atoms with Crippen LogP contribution in [0.1, 0.15) is 150 Å². The zero-order valence-corrected chi connectivity index (χ0v) is 56.4. The second kappa shape index (κ2) is 19.4. The fourth-order valence-corrected chi connectivity index (χ4v) is 23.0. The Morgan fingerprint density at radius 3 is 1.48 bits per heavy atom. The molecule has 1 saturated carbocycles. The molecule has 10 aromatic carbocycles. The summed E-state index contributed by atoms with van der Waals surface area (Å²) >= 11 is 0. The second-order valence-electron chi connectivity index (χ2n) is 31.7. The first kappa shape index (κ1) is 56.9. The van der Waals surface area contributed by atoms with Gasteiger partial charge in [0.25, 0.3) is 6.71 Å². The minimum atomic E-state index is -2.96. The number of hydrogen-bond acceptors (Lipinski definition) is 4. The normalized spacial score (nSPS) is 18.9. The third-order valence-corrected chi connectivity index (χ3v) is 27.4. The Balaban J connectivity index is 1.02. The van der Waals surface area contributed by atoms with Gasteiger partial charge in [-0.25, -0.2) is 0 Å². The predicted molar refractivity (Wildman–Crippen MR) is 389 cm³/mol. The van der Waals surface area contributed by atoms with Crippen LogP contribution in [0.2, 0.25) is 0 Å². The van der Waals surface area contributed by atoms with Crippen molar-refractivity contribution in [1.29, 1.82) is 0 Å². The van der Waals surface area contributed by atoms with Crippen LogP contribution in [0.4, 0.5) is 62.6 Å². The van der Waals surface area contributed by atoms with Crippen LogP contribution < -0.4 is 56.7 Å². The van der Waals surface area contributed by atoms with Crippen molar-refractivity contribution in [2.24, 2.45) is 0 Å². The summed E-state index contributed by atoms with van der Waals surface area (Å²) in [5, 5.41) is 5.87. The van der Waals surface area contributed by atoms with E-state index in [0.29, 0.717) is 0 Å². The summed E-state index contributed by atoms with van der Waals surface area (Å²) in [4.78, 5) is 10.8. The average Bonchev–Trinajstić information content (AvgIpc) is 1.22. The van der Waals surface area contributed by atoms with Crippen LogP contribution in [-0.2, 0) is 27.1 Å². The minimum Gasteiger partial charge on any atom is -0.334 e. The predicted octanol–water partition coefficient (Wildman–Crippen LogP) is 17.8.